The molecule has 0 spiro atoms. The summed E-state index contributed by atoms with van der Waals surface area (Å²) in [5.74, 6) is 1.70. The maximum Gasteiger partial charge on any atom is 0.0449 e. The number of likely N-dealkylation sites (tertiary alicyclic amines) is 1. The van der Waals surface area contributed by atoms with Crippen molar-refractivity contribution in [1.82, 2.24) is 10.2 Å². The van der Waals surface area contributed by atoms with Gasteiger partial charge < -0.3 is 10.2 Å². The van der Waals surface area contributed by atoms with Gasteiger partial charge in [-0.2, -0.15) is 0 Å². The summed E-state index contributed by atoms with van der Waals surface area (Å²) in [6, 6.07) is 11.4. The lowest BCUT2D eigenvalue weighted by atomic mass is 9.88. The van der Waals surface area contributed by atoms with Gasteiger partial charge in [-0.15, -0.1) is 0 Å². The average Bonchev–Trinajstić information content (AvgIpc) is 2.48. The molecule has 112 valence electrons. The second kappa shape index (κ2) is 7.80. The van der Waals surface area contributed by atoms with Crippen LogP contribution in [0.4, 0.5) is 0 Å². The zero-order chi connectivity index (χ0) is 14.4. The van der Waals surface area contributed by atoms with E-state index in [-0.39, 0.29) is 0 Å². The summed E-state index contributed by atoms with van der Waals surface area (Å²) in [5, 5.41) is 3.72. The first-order chi connectivity index (χ1) is 9.70. The van der Waals surface area contributed by atoms with Gasteiger partial charge in [0.15, 0.2) is 0 Å². The first-order valence-corrected chi connectivity index (χ1v) is 8.21. The Hall–Kier alpha value is -0.860. The molecule has 3 unspecified atom stereocenters. The molecule has 1 aliphatic heterocycles. The van der Waals surface area contributed by atoms with E-state index < -0.39 is 0 Å². The summed E-state index contributed by atoms with van der Waals surface area (Å²) in [4.78, 5) is 2.64. The number of rotatable bonds is 6. The van der Waals surface area contributed by atoms with Crippen molar-refractivity contribution in [2.75, 3.05) is 26.2 Å². The number of piperidine rings is 1. The van der Waals surface area contributed by atoms with E-state index in [1.54, 1.807) is 0 Å². The molecule has 1 aromatic carbocycles. The Bertz CT molecular complexity index is 376. The van der Waals surface area contributed by atoms with Gasteiger partial charge in [0.2, 0.25) is 0 Å². The lowest BCUT2D eigenvalue weighted by molar-refractivity contribution is 0.127. The van der Waals surface area contributed by atoms with Crippen molar-refractivity contribution < 1.29 is 0 Å². The first kappa shape index (κ1) is 15.5. The van der Waals surface area contributed by atoms with E-state index in [2.05, 4.69) is 61.3 Å². The minimum absolute atomic E-state index is 0.469. The van der Waals surface area contributed by atoms with Crippen LogP contribution in [0.25, 0.3) is 0 Å². The summed E-state index contributed by atoms with van der Waals surface area (Å²) in [6.45, 7) is 11.8. The fraction of sp³-hybridized carbons (Fsp3) is 0.667. The highest BCUT2D eigenvalue weighted by Gasteiger charge is 2.24. The smallest absolute Gasteiger partial charge is 0.0449 e. The molecule has 0 bridgehead atoms. The lowest BCUT2D eigenvalue weighted by Gasteiger charge is -2.37. The van der Waals surface area contributed by atoms with Crippen LogP contribution in [0.3, 0.4) is 0 Å². The molecular formula is C18H30N2. The SMILES string of the molecule is CCCNC(CN1CCC(C)C(C)C1)c1ccccc1. The minimum Gasteiger partial charge on any atom is -0.309 e. The molecule has 0 aromatic heterocycles. The first-order valence-electron chi connectivity index (χ1n) is 8.21. The highest BCUT2D eigenvalue weighted by Crippen LogP contribution is 2.24. The third-order valence-electron chi connectivity index (χ3n) is 4.70. The van der Waals surface area contributed by atoms with Gasteiger partial charge in [-0.25, -0.2) is 0 Å². The highest BCUT2D eigenvalue weighted by molar-refractivity contribution is 5.19. The van der Waals surface area contributed by atoms with Crippen molar-refractivity contribution in [2.24, 2.45) is 11.8 Å². The van der Waals surface area contributed by atoms with Crippen molar-refractivity contribution >= 4 is 0 Å². The quantitative estimate of drug-likeness (QED) is 0.851. The third kappa shape index (κ3) is 4.32. The van der Waals surface area contributed by atoms with Crippen LogP contribution in [0.5, 0.6) is 0 Å². The van der Waals surface area contributed by atoms with Crippen LogP contribution >= 0.6 is 0 Å². The molecule has 3 atom stereocenters. The lowest BCUT2D eigenvalue weighted by Crippen LogP contribution is -2.43. The zero-order valence-electron chi connectivity index (χ0n) is 13.3. The molecule has 0 aliphatic carbocycles. The fourth-order valence-corrected chi connectivity index (χ4v) is 3.06. The second-order valence-corrected chi connectivity index (χ2v) is 6.42. The van der Waals surface area contributed by atoms with Gasteiger partial charge in [-0.3, -0.25) is 0 Å². The minimum atomic E-state index is 0.469. The zero-order valence-corrected chi connectivity index (χ0v) is 13.3. The van der Waals surface area contributed by atoms with Gasteiger partial charge in [0, 0.05) is 19.1 Å². The molecule has 2 nitrogen and oxygen atoms in total. The molecule has 20 heavy (non-hydrogen) atoms. The summed E-state index contributed by atoms with van der Waals surface area (Å²) < 4.78 is 0. The van der Waals surface area contributed by atoms with E-state index >= 15 is 0 Å². The van der Waals surface area contributed by atoms with Crippen LogP contribution in [-0.2, 0) is 0 Å². The van der Waals surface area contributed by atoms with Gasteiger partial charge in [0.1, 0.15) is 0 Å². The molecule has 0 saturated carbocycles. The molecular weight excluding hydrogens is 244 g/mol. The molecule has 0 amide bonds. The highest BCUT2D eigenvalue weighted by atomic mass is 15.2. The summed E-state index contributed by atoms with van der Waals surface area (Å²) in [5.41, 5.74) is 1.42. The van der Waals surface area contributed by atoms with Gasteiger partial charge in [-0.1, -0.05) is 51.1 Å². The average molecular weight is 274 g/mol. The van der Waals surface area contributed by atoms with Gasteiger partial charge in [-0.05, 0) is 43.3 Å². The number of nitrogens with one attached hydrogen (secondary N) is 1. The third-order valence-corrected chi connectivity index (χ3v) is 4.70. The van der Waals surface area contributed by atoms with Crippen LogP contribution < -0.4 is 5.32 Å². The molecule has 1 fully saturated rings. The van der Waals surface area contributed by atoms with Crippen molar-refractivity contribution in [1.29, 1.82) is 0 Å². The molecule has 1 heterocycles. The number of nitrogens with zero attached hydrogens (tertiary/aromatic N) is 1. The summed E-state index contributed by atoms with van der Waals surface area (Å²) in [7, 11) is 0. The molecule has 1 aromatic rings. The van der Waals surface area contributed by atoms with Gasteiger partial charge in [0.25, 0.3) is 0 Å². The number of hydrogen-bond donors (Lipinski definition) is 1. The van der Waals surface area contributed by atoms with Crippen molar-refractivity contribution in [3.05, 3.63) is 35.9 Å². The van der Waals surface area contributed by atoms with E-state index in [0.717, 1.165) is 24.9 Å². The Morgan fingerprint density at radius 3 is 2.60 bits per heavy atom. The molecule has 1 N–H and O–H groups in total. The Balaban J connectivity index is 1.97. The summed E-state index contributed by atoms with van der Waals surface area (Å²) in [6.07, 6.45) is 2.53. The standard InChI is InChI=1S/C18H30N2/c1-4-11-19-18(17-8-6-5-7-9-17)14-20-12-10-15(2)16(3)13-20/h5-9,15-16,18-19H,4,10-14H2,1-3H3. The molecule has 2 heteroatoms. The van der Waals surface area contributed by atoms with E-state index in [1.807, 2.05) is 0 Å². The maximum atomic E-state index is 3.72. The predicted molar refractivity (Wildman–Crippen MR) is 86.9 cm³/mol. The molecule has 1 aliphatic rings. The van der Waals surface area contributed by atoms with E-state index in [1.165, 1.54) is 31.5 Å². The largest absolute Gasteiger partial charge is 0.309 e. The van der Waals surface area contributed by atoms with Gasteiger partial charge >= 0.3 is 0 Å². The van der Waals surface area contributed by atoms with Crippen molar-refractivity contribution in [3.8, 4) is 0 Å². The van der Waals surface area contributed by atoms with Crippen molar-refractivity contribution in [3.63, 3.8) is 0 Å². The topological polar surface area (TPSA) is 15.3 Å². The monoisotopic (exact) mass is 274 g/mol. The summed E-state index contributed by atoms with van der Waals surface area (Å²) >= 11 is 0. The van der Waals surface area contributed by atoms with Gasteiger partial charge in [0.05, 0.1) is 0 Å². The number of hydrogen-bond acceptors (Lipinski definition) is 2. The molecule has 1 saturated heterocycles. The van der Waals surface area contributed by atoms with E-state index in [0.29, 0.717) is 6.04 Å². The normalized spacial score (nSPS) is 25.6. The molecule has 2 rings (SSSR count). The van der Waals surface area contributed by atoms with Crippen LogP contribution in [0.2, 0.25) is 0 Å². The van der Waals surface area contributed by atoms with Crippen LogP contribution in [0, 0.1) is 11.8 Å². The predicted octanol–water partition coefficient (Wildman–Crippen LogP) is 3.71. The second-order valence-electron chi connectivity index (χ2n) is 6.42. The molecule has 0 radical (unpaired) electrons. The Morgan fingerprint density at radius 1 is 1.20 bits per heavy atom. The van der Waals surface area contributed by atoms with Crippen LogP contribution in [-0.4, -0.2) is 31.1 Å². The van der Waals surface area contributed by atoms with E-state index in [4.69, 9.17) is 0 Å². The number of benzene rings is 1. The fourth-order valence-electron chi connectivity index (χ4n) is 3.06. The van der Waals surface area contributed by atoms with Crippen LogP contribution in [0.15, 0.2) is 30.3 Å². The Morgan fingerprint density at radius 2 is 1.95 bits per heavy atom. The maximum absolute atomic E-state index is 3.72. The van der Waals surface area contributed by atoms with Crippen molar-refractivity contribution in [2.45, 2.75) is 39.7 Å². The van der Waals surface area contributed by atoms with Crippen LogP contribution in [0.1, 0.15) is 45.2 Å². The Kier molecular flexibility index (Phi) is 6.06. The van der Waals surface area contributed by atoms with E-state index in [9.17, 15) is 0 Å². The Labute approximate surface area is 124 Å².